The molecule has 0 fully saturated rings. The van der Waals surface area contributed by atoms with Crippen LogP contribution in [-0.4, -0.2) is 23.7 Å². The Morgan fingerprint density at radius 2 is 1.87 bits per heavy atom. The van der Waals surface area contributed by atoms with Gasteiger partial charge in [-0.25, -0.2) is 9.98 Å². The van der Waals surface area contributed by atoms with Gasteiger partial charge in [0.1, 0.15) is 12.4 Å². The van der Waals surface area contributed by atoms with E-state index in [4.69, 9.17) is 20.2 Å². The number of ether oxygens (including phenoxy) is 2. The van der Waals surface area contributed by atoms with Gasteiger partial charge in [-0.2, -0.15) is 4.39 Å². The summed E-state index contributed by atoms with van der Waals surface area (Å²) < 4.78 is 24.7. The summed E-state index contributed by atoms with van der Waals surface area (Å²) in [6, 6.07) is 17.2. The monoisotopic (exact) mass is 405 g/mol. The molecule has 2 N–H and O–H groups in total. The predicted molar refractivity (Wildman–Crippen MR) is 115 cm³/mol. The lowest BCUT2D eigenvalue weighted by molar-refractivity contribution is 0.240. The second-order valence-corrected chi connectivity index (χ2v) is 7.70. The fourth-order valence-corrected chi connectivity index (χ4v) is 3.69. The molecule has 4 rings (SSSR count). The molecular formula is C24H24FN3O2. The number of halogens is 1. The van der Waals surface area contributed by atoms with E-state index in [2.05, 4.69) is 11.1 Å². The van der Waals surface area contributed by atoms with Crippen LogP contribution in [0.5, 0.6) is 5.75 Å². The van der Waals surface area contributed by atoms with E-state index in [1.165, 1.54) is 12.3 Å². The molecule has 0 radical (unpaired) electrons. The molecule has 3 aromatic rings. The SMILES string of the molecule is Cc1cc(C2(c3cccc(-c4ccc(F)nc4)c3)COC(N)=N2)ccc1OC(C)C. The summed E-state index contributed by atoms with van der Waals surface area (Å²) in [7, 11) is 0. The molecule has 5 nitrogen and oxygen atoms in total. The smallest absolute Gasteiger partial charge is 0.283 e. The fourth-order valence-electron chi connectivity index (χ4n) is 3.69. The molecule has 0 saturated heterocycles. The molecule has 0 saturated carbocycles. The lowest BCUT2D eigenvalue weighted by atomic mass is 9.82. The molecule has 1 aliphatic rings. The Balaban J connectivity index is 1.80. The molecule has 0 amide bonds. The summed E-state index contributed by atoms with van der Waals surface area (Å²) >= 11 is 0. The molecule has 1 unspecified atom stereocenters. The molecule has 1 aliphatic heterocycles. The fraction of sp³-hybridized carbons (Fsp3) is 0.250. The summed E-state index contributed by atoms with van der Waals surface area (Å²) in [6.07, 6.45) is 1.61. The second kappa shape index (κ2) is 7.78. The highest BCUT2D eigenvalue weighted by Gasteiger charge is 2.40. The van der Waals surface area contributed by atoms with Crippen molar-refractivity contribution in [1.82, 2.24) is 4.98 Å². The summed E-state index contributed by atoms with van der Waals surface area (Å²) in [5.41, 5.74) is 9.81. The van der Waals surface area contributed by atoms with Crippen molar-refractivity contribution in [3.05, 3.63) is 83.4 Å². The van der Waals surface area contributed by atoms with Crippen molar-refractivity contribution >= 4 is 6.02 Å². The molecule has 30 heavy (non-hydrogen) atoms. The van der Waals surface area contributed by atoms with Gasteiger partial charge in [-0.3, -0.25) is 0 Å². The third kappa shape index (κ3) is 3.73. The number of rotatable bonds is 5. The quantitative estimate of drug-likeness (QED) is 0.631. The zero-order chi connectivity index (χ0) is 21.3. The molecule has 1 atom stereocenters. The van der Waals surface area contributed by atoms with Crippen LogP contribution in [0.3, 0.4) is 0 Å². The number of nitrogens with two attached hydrogens (primary N) is 1. The van der Waals surface area contributed by atoms with Crippen molar-refractivity contribution in [2.75, 3.05) is 6.61 Å². The van der Waals surface area contributed by atoms with E-state index in [0.717, 1.165) is 33.6 Å². The van der Waals surface area contributed by atoms with Gasteiger partial charge in [-0.05, 0) is 73.4 Å². The van der Waals surface area contributed by atoms with Crippen LogP contribution < -0.4 is 10.5 Å². The minimum atomic E-state index is -0.769. The Morgan fingerprint density at radius 3 is 2.50 bits per heavy atom. The van der Waals surface area contributed by atoms with Crippen molar-refractivity contribution in [2.24, 2.45) is 10.7 Å². The highest BCUT2D eigenvalue weighted by Crippen LogP contribution is 2.40. The summed E-state index contributed by atoms with van der Waals surface area (Å²) in [6.45, 7) is 6.31. The highest BCUT2D eigenvalue weighted by molar-refractivity contribution is 5.76. The largest absolute Gasteiger partial charge is 0.491 e. The molecule has 0 bridgehead atoms. The number of benzene rings is 2. The maximum atomic E-state index is 13.2. The van der Waals surface area contributed by atoms with E-state index in [9.17, 15) is 4.39 Å². The van der Waals surface area contributed by atoms with Crippen LogP contribution in [0.25, 0.3) is 11.1 Å². The third-order valence-electron chi connectivity index (χ3n) is 5.15. The Bertz CT molecular complexity index is 1100. The first-order chi connectivity index (χ1) is 14.4. The van der Waals surface area contributed by atoms with E-state index >= 15 is 0 Å². The van der Waals surface area contributed by atoms with Crippen molar-refractivity contribution < 1.29 is 13.9 Å². The first-order valence-corrected chi connectivity index (χ1v) is 9.86. The summed E-state index contributed by atoms with van der Waals surface area (Å²) in [5.74, 6) is 0.332. The molecule has 0 spiro atoms. The number of hydrogen-bond acceptors (Lipinski definition) is 5. The lowest BCUT2D eigenvalue weighted by Gasteiger charge is -2.27. The molecule has 154 valence electrons. The molecule has 2 aromatic carbocycles. The normalized spacial score (nSPS) is 18.2. The Hall–Kier alpha value is -3.41. The summed E-state index contributed by atoms with van der Waals surface area (Å²) in [4.78, 5) is 8.46. The van der Waals surface area contributed by atoms with Crippen LogP contribution >= 0.6 is 0 Å². The van der Waals surface area contributed by atoms with Gasteiger partial charge in [0.2, 0.25) is 5.95 Å². The van der Waals surface area contributed by atoms with Gasteiger partial charge in [0, 0.05) is 11.8 Å². The average Bonchev–Trinajstić information content (AvgIpc) is 3.13. The first-order valence-electron chi connectivity index (χ1n) is 9.86. The van der Waals surface area contributed by atoms with Gasteiger partial charge >= 0.3 is 0 Å². The van der Waals surface area contributed by atoms with Crippen LogP contribution in [0.15, 0.2) is 65.8 Å². The van der Waals surface area contributed by atoms with Crippen molar-refractivity contribution in [3.63, 3.8) is 0 Å². The zero-order valence-electron chi connectivity index (χ0n) is 17.2. The maximum Gasteiger partial charge on any atom is 0.283 e. The van der Waals surface area contributed by atoms with Crippen LogP contribution in [0.4, 0.5) is 4.39 Å². The van der Waals surface area contributed by atoms with Crippen LogP contribution in [0.2, 0.25) is 0 Å². The highest BCUT2D eigenvalue weighted by atomic mass is 19.1. The number of hydrogen-bond donors (Lipinski definition) is 1. The maximum absolute atomic E-state index is 13.2. The van der Waals surface area contributed by atoms with Gasteiger partial charge in [0.25, 0.3) is 6.02 Å². The average molecular weight is 405 g/mol. The van der Waals surface area contributed by atoms with E-state index in [0.29, 0.717) is 6.61 Å². The minimum Gasteiger partial charge on any atom is -0.491 e. The molecule has 1 aromatic heterocycles. The molecular weight excluding hydrogens is 381 g/mol. The van der Waals surface area contributed by atoms with E-state index in [-0.39, 0.29) is 12.1 Å². The predicted octanol–water partition coefficient (Wildman–Crippen LogP) is 4.57. The van der Waals surface area contributed by atoms with E-state index in [1.54, 1.807) is 6.07 Å². The van der Waals surface area contributed by atoms with Crippen molar-refractivity contribution in [1.29, 1.82) is 0 Å². The van der Waals surface area contributed by atoms with Gasteiger partial charge in [0.15, 0.2) is 5.54 Å². The van der Waals surface area contributed by atoms with Crippen LogP contribution in [-0.2, 0) is 10.3 Å². The zero-order valence-corrected chi connectivity index (χ0v) is 17.2. The minimum absolute atomic E-state index is 0.0907. The van der Waals surface area contributed by atoms with Gasteiger partial charge in [0.05, 0.1) is 6.10 Å². The first kappa shape index (κ1) is 19.9. The Kier molecular flexibility index (Phi) is 5.16. The number of amidine groups is 1. The topological polar surface area (TPSA) is 69.7 Å². The van der Waals surface area contributed by atoms with Gasteiger partial charge in [-0.15, -0.1) is 0 Å². The van der Waals surface area contributed by atoms with Crippen molar-refractivity contribution in [2.45, 2.75) is 32.4 Å². The molecule has 0 aliphatic carbocycles. The second-order valence-electron chi connectivity index (χ2n) is 7.70. The van der Waals surface area contributed by atoms with Crippen LogP contribution in [0.1, 0.15) is 30.5 Å². The number of nitrogens with zero attached hydrogens (tertiary/aromatic N) is 2. The standard InChI is InChI=1S/C24H24FN3O2/c1-15(2)30-21-9-8-20(11-16(21)3)24(14-29-23(26)28-24)19-6-4-5-17(12-19)18-7-10-22(25)27-13-18/h4-13,15H,14H2,1-3H3,(H2,26,28). The van der Waals surface area contributed by atoms with E-state index in [1.807, 2.05) is 57.2 Å². The number of aliphatic imine (C=N–C) groups is 1. The number of aryl methyl sites for hydroxylation is 1. The summed E-state index contributed by atoms with van der Waals surface area (Å²) in [5, 5.41) is 0. The number of pyridine rings is 1. The Morgan fingerprint density at radius 1 is 1.07 bits per heavy atom. The molecule has 6 heteroatoms. The van der Waals surface area contributed by atoms with Crippen LogP contribution in [0, 0.1) is 12.9 Å². The molecule has 2 heterocycles. The van der Waals surface area contributed by atoms with E-state index < -0.39 is 11.5 Å². The third-order valence-corrected chi connectivity index (χ3v) is 5.15. The Labute approximate surface area is 175 Å². The van der Waals surface area contributed by atoms with Gasteiger partial charge in [-0.1, -0.05) is 24.3 Å². The van der Waals surface area contributed by atoms with Gasteiger partial charge < -0.3 is 15.2 Å². The van der Waals surface area contributed by atoms with Crippen molar-refractivity contribution in [3.8, 4) is 16.9 Å². The lowest BCUT2D eigenvalue weighted by Crippen LogP contribution is -2.27. The number of aromatic nitrogens is 1.